The first-order chi connectivity index (χ1) is 14.7. The molecule has 1 amide bonds. The molecule has 4 rings (SSSR count). The van der Waals surface area contributed by atoms with E-state index in [0.717, 1.165) is 22.3 Å². The Balaban J connectivity index is 1.59. The second-order valence-electron chi connectivity index (χ2n) is 6.98. The molecule has 1 aliphatic heterocycles. The second kappa shape index (κ2) is 8.14. The van der Waals surface area contributed by atoms with Crippen LogP contribution in [0.15, 0.2) is 30.7 Å². The third-order valence-electron chi connectivity index (χ3n) is 4.64. The van der Waals surface area contributed by atoms with Gasteiger partial charge >= 0.3 is 6.18 Å². The summed E-state index contributed by atoms with van der Waals surface area (Å²) >= 11 is 1.49. The van der Waals surface area contributed by atoms with Crippen LogP contribution in [-0.2, 0) is 6.18 Å². The van der Waals surface area contributed by atoms with Crippen LogP contribution in [0.3, 0.4) is 0 Å². The lowest BCUT2D eigenvalue weighted by molar-refractivity contribution is -0.145. The van der Waals surface area contributed by atoms with Gasteiger partial charge in [0.2, 0.25) is 5.82 Å². The molecule has 2 aromatic heterocycles. The molecule has 3 aromatic rings. The SMILES string of the molecule is Cc1cnc(-c2cc(C(=O)N[C@H](C)c3cnc(C(F)(F)F)nc3)cc3c2OCCN3)s1. The molecule has 31 heavy (non-hydrogen) atoms. The van der Waals surface area contributed by atoms with Crippen LogP contribution in [0.25, 0.3) is 10.6 Å². The van der Waals surface area contributed by atoms with E-state index in [1.807, 2.05) is 6.92 Å². The van der Waals surface area contributed by atoms with Gasteiger partial charge in [-0.1, -0.05) is 0 Å². The van der Waals surface area contributed by atoms with Crippen molar-refractivity contribution in [3.05, 3.63) is 52.6 Å². The fourth-order valence-corrected chi connectivity index (χ4v) is 3.87. The van der Waals surface area contributed by atoms with Gasteiger partial charge in [-0.05, 0) is 26.0 Å². The normalized spacial score (nSPS) is 14.2. The van der Waals surface area contributed by atoms with Crippen molar-refractivity contribution in [3.63, 3.8) is 0 Å². The highest BCUT2D eigenvalue weighted by molar-refractivity contribution is 7.15. The summed E-state index contributed by atoms with van der Waals surface area (Å²) in [6.07, 6.45) is -0.741. The highest BCUT2D eigenvalue weighted by Gasteiger charge is 2.34. The van der Waals surface area contributed by atoms with Crippen molar-refractivity contribution in [1.82, 2.24) is 20.3 Å². The second-order valence-corrected chi connectivity index (χ2v) is 8.22. The summed E-state index contributed by atoms with van der Waals surface area (Å²) in [5.74, 6) is -0.975. The van der Waals surface area contributed by atoms with Gasteiger partial charge in [-0.25, -0.2) is 15.0 Å². The van der Waals surface area contributed by atoms with Crippen molar-refractivity contribution in [1.29, 1.82) is 0 Å². The smallest absolute Gasteiger partial charge is 0.451 e. The summed E-state index contributed by atoms with van der Waals surface area (Å²) < 4.78 is 43.8. The first kappa shape index (κ1) is 21.0. The minimum atomic E-state index is -4.62. The van der Waals surface area contributed by atoms with Gasteiger partial charge in [0.05, 0.1) is 17.3 Å². The fourth-order valence-electron chi connectivity index (χ4n) is 3.09. The number of carbonyl (C=O) groups is 1. The van der Waals surface area contributed by atoms with Gasteiger partial charge in [-0.2, -0.15) is 13.2 Å². The summed E-state index contributed by atoms with van der Waals surface area (Å²) in [7, 11) is 0. The van der Waals surface area contributed by atoms with E-state index in [-0.39, 0.29) is 0 Å². The fraction of sp³-hybridized carbons (Fsp3) is 0.300. The molecule has 1 atom stereocenters. The number of carbonyl (C=O) groups excluding carboxylic acids is 1. The van der Waals surface area contributed by atoms with Crippen molar-refractivity contribution < 1.29 is 22.7 Å². The molecule has 2 N–H and O–H groups in total. The Morgan fingerprint density at radius 2 is 1.97 bits per heavy atom. The maximum absolute atomic E-state index is 12.9. The summed E-state index contributed by atoms with van der Waals surface area (Å²) in [4.78, 5) is 25.0. The quantitative estimate of drug-likeness (QED) is 0.620. The van der Waals surface area contributed by atoms with E-state index in [4.69, 9.17) is 4.74 Å². The largest absolute Gasteiger partial charge is 0.489 e. The lowest BCUT2D eigenvalue weighted by Gasteiger charge is -2.23. The molecule has 7 nitrogen and oxygen atoms in total. The average molecular weight is 449 g/mol. The van der Waals surface area contributed by atoms with Crippen molar-refractivity contribution in [2.24, 2.45) is 0 Å². The number of benzene rings is 1. The summed E-state index contributed by atoms with van der Waals surface area (Å²) in [5.41, 5.74) is 2.13. The van der Waals surface area contributed by atoms with E-state index in [2.05, 4.69) is 25.6 Å². The van der Waals surface area contributed by atoms with Crippen LogP contribution < -0.4 is 15.4 Å². The van der Waals surface area contributed by atoms with Crippen LogP contribution in [0.5, 0.6) is 5.75 Å². The predicted molar refractivity (Wildman–Crippen MR) is 109 cm³/mol. The Bertz CT molecular complexity index is 1110. The summed E-state index contributed by atoms with van der Waals surface area (Å²) in [6.45, 7) is 4.69. The third-order valence-corrected chi connectivity index (χ3v) is 5.59. The van der Waals surface area contributed by atoms with Gasteiger partial charge in [-0.3, -0.25) is 4.79 Å². The number of aromatic nitrogens is 3. The lowest BCUT2D eigenvalue weighted by atomic mass is 10.1. The molecule has 1 aromatic carbocycles. The Labute approximate surface area is 179 Å². The lowest BCUT2D eigenvalue weighted by Crippen LogP contribution is -2.28. The molecule has 0 aliphatic carbocycles. The maximum atomic E-state index is 12.9. The number of thiazole rings is 1. The monoisotopic (exact) mass is 449 g/mol. The van der Waals surface area contributed by atoms with Crippen LogP contribution in [-0.4, -0.2) is 34.0 Å². The first-order valence-electron chi connectivity index (χ1n) is 9.40. The maximum Gasteiger partial charge on any atom is 0.451 e. The Kier molecular flexibility index (Phi) is 5.52. The third kappa shape index (κ3) is 4.46. The average Bonchev–Trinajstić information content (AvgIpc) is 3.18. The van der Waals surface area contributed by atoms with Crippen molar-refractivity contribution in [2.75, 3.05) is 18.5 Å². The molecule has 11 heteroatoms. The number of rotatable bonds is 4. The Morgan fingerprint density at radius 1 is 1.23 bits per heavy atom. The molecular formula is C20H18F3N5O2S. The number of amides is 1. The number of fused-ring (bicyclic) bond motifs is 1. The Hall–Kier alpha value is -3.21. The van der Waals surface area contributed by atoms with E-state index in [1.165, 1.54) is 11.3 Å². The van der Waals surface area contributed by atoms with Crippen molar-refractivity contribution >= 4 is 22.9 Å². The highest BCUT2D eigenvalue weighted by atomic mass is 32.1. The van der Waals surface area contributed by atoms with E-state index < -0.39 is 23.9 Å². The van der Waals surface area contributed by atoms with E-state index >= 15 is 0 Å². The van der Waals surface area contributed by atoms with E-state index in [1.54, 1.807) is 25.3 Å². The van der Waals surface area contributed by atoms with Crippen LogP contribution in [0.1, 0.15) is 39.6 Å². The topological polar surface area (TPSA) is 89.0 Å². The van der Waals surface area contributed by atoms with Gasteiger partial charge in [-0.15, -0.1) is 11.3 Å². The van der Waals surface area contributed by atoms with Gasteiger partial charge in [0.25, 0.3) is 5.91 Å². The van der Waals surface area contributed by atoms with Crippen LogP contribution in [0.2, 0.25) is 0 Å². The van der Waals surface area contributed by atoms with Gasteiger partial charge in [0, 0.05) is 41.1 Å². The number of anilines is 1. The van der Waals surface area contributed by atoms with Gasteiger partial charge < -0.3 is 15.4 Å². The van der Waals surface area contributed by atoms with Crippen molar-refractivity contribution in [2.45, 2.75) is 26.1 Å². The van der Waals surface area contributed by atoms with Gasteiger partial charge in [0.1, 0.15) is 11.6 Å². The predicted octanol–water partition coefficient (Wildman–Crippen LogP) is 4.22. The van der Waals surface area contributed by atoms with Crippen LogP contribution in [0, 0.1) is 6.92 Å². The van der Waals surface area contributed by atoms with Gasteiger partial charge in [0.15, 0.2) is 5.75 Å². The number of nitrogens with one attached hydrogen (secondary N) is 2. The minimum absolute atomic E-state index is 0.358. The number of aryl methyl sites for hydroxylation is 1. The zero-order valence-corrected chi connectivity index (χ0v) is 17.4. The van der Waals surface area contributed by atoms with E-state index in [0.29, 0.717) is 41.3 Å². The number of ether oxygens (including phenoxy) is 1. The van der Waals surface area contributed by atoms with E-state index in [9.17, 15) is 18.0 Å². The Morgan fingerprint density at radius 3 is 2.61 bits per heavy atom. The number of hydrogen-bond acceptors (Lipinski definition) is 7. The molecule has 0 radical (unpaired) electrons. The summed E-state index contributed by atoms with van der Waals surface area (Å²) in [6, 6.07) is 2.79. The number of hydrogen-bond donors (Lipinski definition) is 2. The summed E-state index contributed by atoms with van der Waals surface area (Å²) in [5, 5.41) is 6.73. The number of halogens is 3. The number of alkyl halides is 3. The van der Waals surface area contributed by atoms with Crippen LogP contribution >= 0.6 is 11.3 Å². The molecule has 0 bridgehead atoms. The zero-order valence-electron chi connectivity index (χ0n) is 16.6. The molecule has 0 spiro atoms. The van der Waals surface area contributed by atoms with Crippen molar-refractivity contribution in [3.8, 4) is 16.3 Å². The molecule has 0 unspecified atom stereocenters. The molecule has 3 heterocycles. The molecule has 0 saturated heterocycles. The standard InChI is InChI=1S/C20H18F3N5O2S/c1-10-7-25-18(31-10)14-5-12(6-15-16(14)30-4-3-24-15)17(29)28-11(2)13-8-26-19(27-9-13)20(21,22)23/h5-9,11,24H,3-4H2,1-2H3,(H,28,29)/t11-/m1/s1. The molecule has 0 saturated carbocycles. The minimum Gasteiger partial charge on any atom is -0.489 e. The number of nitrogens with zero attached hydrogens (tertiary/aromatic N) is 3. The molecule has 1 aliphatic rings. The molecule has 162 valence electrons. The molecule has 0 fully saturated rings. The first-order valence-corrected chi connectivity index (χ1v) is 10.2. The van der Waals surface area contributed by atoms with Crippen LogP contribution in [0.4, 0.5) is 18.9 Å². The highest BCUT2D eigenvalue weighted by Crippen LogP contribution is 2.41. The molecular weight excluding hydrogens is 431 g/mol. The zero-order chi connectivity index (χ0) is 22.2.